The largest absolute Gasteiger partial charge is 0.353 e. The van der Waals surface area contributed by atoms with Crippen LogP contribution in [0.4, 0.5) is 17.1 Å². The molecule has 2 rings (SSSR count). The van der Waals surface area contributed by atoms with E-state index in [0.717, 1.165) is 16.9 Å². The summed E-state index contributed by atoms with van der Waals surface area (Å²) in [7, 11) is 1.81. The van der Waals surface area contributed by atoms with E-state index >= 15 is 0 Å². The van der Waals surface area contributed by atoms with Crippen LogP contribution in [0.2, 0.25) is 5.02 Å². The highest BCUT2D eigenvalue weighted by Gasteiger charge is 2.15. The van der Waals surface area contributed by atoms with Crippen LogP contribution in [0.5, 0.6) is 0 Å². The zero-order valence-electron chi connectivity index (χ0n) is 9.85. The topological polar surface area (TPSA) is 73.0 Å². The number of aromatic nitrogens is 2. The molecule has 0 aliphatic heterocycles. The number of nitrogens with zero attached hydrogens (tertiary/aromatic N) is 3. The summed E-state index contributed by atoms with van der Waals surface area (Å²) < 4.78 is 1.66. The summed E-state index contributed by atoms with van der Waals surface area (Å²) in [5.74, 6) is 0. The highest BCUT2D eigenvalue weighted by atomic mass is 35.5. The number of nitro groups is 1. The van der Waals surface area contributed by atoms with Crippen LogP contribution in [0.1, 0.15) is 5.56 Å². The normalized spacial score (nSPS) is 10.4. The van der Waals surface area contributed by atoms with Crippen LogP contribution >= 0.6 is 11.6 Å². The van der Waals surface area contributed by atoms with E-state index < -0.39 is 4.92 Å². The zero-order valence-corrected chi connectivity index (χ0v) is 10.6. The van der Waals surface area contributed by atoms with Gasteiger partial charge in [-0.2, -0.15) is 5.10 Å². The number of aryl methyl sites for hydroxylation is 2. The summed E-state index contributed by atoms with van der Waals surface area (Å²) in [5, 5.41) is 18.0. The molecule has 0 amide bonds. The van der Waals surface area contributed by atoms with E-state index in [1.165, 1.54) is 6.07 Å². The summed E-state index contributed by atoms with van der Waals surface area (Å²) in [4.78, 5) is 10.2. The molecule has 0 spiro atoms. The van der Waals surface area contributed by atoms with E-state index in [9.17, 15) is 10.1 Å². The molecule has 0 bridgehead atoms. The minimum atomic E-state index is -0.497. The molecule has 6 nitrogen and oxygen atoms in total. The SMILES string of the molecule is Cc1cc([N+](=O)[O-])c(Cl)cc1Nc1cnn(C)c1. The lowest BCUT2D eigenvalue weighted by Gasteiger charge is -2.08. The molecule has 0 fully saturated rings. The van der Waals surface area contributed by atoms with Crippen molar-refractivity contribution in [3.05, 3.63) is 45.2 Å². The predicted molar refractivity (Wildman–Crippen MR) is 69.3 cm³/mol. The van der Waals surface area contributed by atoms with Gasteiger partial charge in [0, 0.05) is 25.0 Å². The molecule has 7 heteroatoms. The molecule has 18 heavy (non-hydrogen) atoms. The van der Waals surface area contributed by atoms with Crippen molar-refractivity contribution in [3.63, 3.8) is 0 Å². The van der Waals surface area contributed by atoms with Crippen LogP contribution in [0.25, 0.3) is 0 Å². The third kappa shape index (κ3) is 2.43. The van der Waals surface area contributed by atoms with Gasteiger partial charge in [0.15, 0.2) is 0 Å². The second kappa shape index (κ2) is 4.66. The smallest absolute Gasteiger partial charge is 0.288 e. The molecule has 1 heterocycles. The number of hydrogen-bond donors (Lipinski definition) is 1. The molecule has 94 valence electrons. The molecular formula is C11H11ClN4O2. The molecule has 1 N–H and O–H groups in total. The summed E-state index contributed by atoms with van der Waals surface area (Å²) in [6.07, 6.45) is 3.46. The molecule has 0 radical (unpaired) electrons. The van der Waals surface area contributed by atoms with E-state index in [1.807, 2.05) is 0 Å². The van der Waals surface area contributed by atoms with Crippen molar-refractivity contribution in [2.75, 3.05) is 5.32 Å². The van der Waals surface area contributed by atoms with E-state index in [2.05, 4.69) is 10.4 Å². The second-order valence-electron chi connectivity index (χ2n) is 3.90. The van der Waals surface area contributed by atoms with Gasteiger partial charge >= 0.3 is 0 Å². The summed E-state index contributed by atoms with van der Waals surface area (Å²) in [6, 6.07) is 2.99. The van der Waals surface area contributed by atoms with E-state index in [0.29, 0.717) is 0 Å². The fourth-order valence-corrected chi connectivity index (χ4v) is 1.81. The third-order valence-corrected chi connectivity index (χ3v) is 2.78. The summed E-state index contributed by atoms with van der Waals surface area (Å²) in [5.41, 5.74) is 2.17. The van der Waals surface area contributed by atoms with E-state index in [-0.39, 0.29) is 10.7 Å². The maximum Gasteiger partial charge on any atom is 0.288 e. The minimum Gasteiger partial charge on any atom is -0.353 e. The van der Waals surface area contributed by atoms with E-state index in [1.54, 1.807) is 37.1 Å². The number of hydrogen-bond acceptors (Lipinski definition) is 4. The molecule has 0 saturated heterocycles. The van der Waals surface area contributed by atoms with Crippen molar-refractivity contribution in [3.8, 4) is 0 Å². The lowest BCUT2D eigenvalue weighted by molar-refractivity contribution is -0.384. The quantitative estimate of drug-likeness (QED) is 0.684. The molecule has 1 aromatic carbocycles. The average molecular weight is 267 g/mol. The predicted octanol–water partition coefficient (Wildman–Crippen LogP) is 3.03. The number of nitro benzene ring substituents is 1. The molecule has 2 aromatic rings. The molecule has 0 atom stereocenters. The number of rotatable bonds is 3. The maximum absolute atomic E-state index is 10.7. The van der Waals surface area contributed by atoms with Crippen LogP contribution in [-0.4, -0.2) is 14.7 Å². The Morgan fingerprint density at radius 1 is 1.50 bits per heavy atom. The Morgan fingerprint density at radius 2 is 2.22 bits per heavy atom. The molecular weight excluding hydrogens is 256 g/mol. The first-order chi connectivity index (χ1) is 8.47. The third-order valence-electron chi connectivity index (χ3n) is 2.47. The zero-order chi connectivity index (χ0) is 13.3. The summed E-state index contributed by atoms with van der Waals surface area (Å²) in [6.45, 7) is 1.78. The second-order valence-corrected chi connectivity index (χ2v) is 4.31. The van der Waals surface area contributed by atoms with Gasteiger partial charge in [-0.25, -0.2) is 0 Å². The molecule has 0 unspecified atom stereocenters. The Balaban J connectivity index is 2.35. The first kappa shape index (κ1) is 12.4. The Labute approximate surface area is 108 Å². The maximum atomic E-state index is 10.7. The lowest BCUT2D eigenvalue weighted by Crippen LogP contribution is -1.96. The number of halogens is 1. The van der Waals surface area contributed by atoms with Crippen LogP contribution in [-0.2, 0) is 7.05 Å². The number of benzene rings is 1. The van der Waals surface area contributed by atoms with Crippen molar-refractivity contribution >= 4 is 28.7 Å². The molecule has 1 aromatic heterocycles. The Bertz CT molecular complexity index is 609. The summed E-state index contributed by atoms with van der Waals surface area (Å²) >= 11 is 5.87. The Hall–Kier alpha value is -2.08. The average Bonchev–Trinajstić information content (AvgIpc) is 2.68. The van der Waals surface area contributed by atoms with Gasteiger partial charge in [0.1, 0.15) is 5.02 Å². The molecule has 0 saturated carbocycles. The van der Waals surface area contributed by atoms with Gasteiger partial charge in [-0.05, 0) is 18.6 Å². The van der Waals surface area contributed by atoms with Crippen molar-refractivity contribution in [2.24, 2.45) is 7.05 Å². The highest BCUT2D eigenvalue weighted by Crippen LogP contribution is 2.31. The first-order valence-electron chi connectivity index (χ1n) is 5.17. The van der Waals surface area contributed by atoms with Gasteiger partial charge in [-0.15, -0.1) is 0 Å². The molecule has 0 aliphatic rings. The van der Waals surface area contributed by atoms with Gasteiger partial charge in [-0.3, -0.25) is 14.8 Å². The first-order valence-corrected chi connectivity index (χ1v) is 5.55. The molecule has 0 aliphatic carbocycles. The monoisotopic (exact) mass is 266 g/mol. The fraction of sp³-hybridized carbons (Fsp3) is 0.182. The van der Waals surface area contributed by atoms with Gasteiger partial charge in [-0.1, -0.05) is 11.6 Å². The van der Waals surface area contributed by atoms with E-state index in [4.69, 9.17) is 11.6 Å². The van der Waals surface area contributed by atoms with Crippen molar-refractivity contribution in [1.82, 2.24) is 9.78 Å². The van der Waals surface area contributed by atoms with Gasteiger partial charge in [0.05, 0.1) is 16.8 Å². The highest BCUT2D eigenvalue weighted by molar-refractivity contribution is 6.33. The Morgan fingerprint density at radius 3 is 2.78 bits per heavy atom. The van der Waals surface area contributed by atoms with Gasteiger partial charge < -0.3 is 5.32 Å². The Kier molecular flexibility index (Phi) is 3.20. The van der Waals surface area contributed by atoms with Crippen LogP contribution in [0, 0.1) is 17.0 Å². The van der Waals surface area contributed by atoms with Crippen LogP contribution in [0.3, 0.4) is 0 Å². The number of nitrogens with one attached hydrogen (secondary N) is 1. The number of anilines is 2. The van der Waals surface area contributed by atoms with Gasteiger partial charge in [0.2, 0.25) is 0 Å². The van der Waals surface area contributed by atoms with Crippen molar-refractivity contribution < 1.29 is 4.92 Å². The van der Waals surface area contributed by atoms with Crippen LogP contribution < -0.4 is 5.32 Å². The lowest BCUT2D eigenvalue weighted by atomic mass is 10.1. The standard InChI is InChI=1S/C11H11ClN4O2/c1-7-3-11(16(17)18)9(12)4-10(7)14-8-5-13-15(2)6-8/h3-6,14H,1-2H3. The van der Waals surface area contributed by atoms with Crippen LogP contribution in [0.15, 0.2) is 24.5 Å². The van der Waals surface area contributed by atoms with Gasteiger partial charge in [0.25, 0.3) is 5.69 Å². The minimum absolute atomic E-state index is 0.0918. The van der Waals surface area contributed by atoms with Crippen molar-refractivity contribution in [1.29, 1.82) is 0 Å². The fourth-order valence-electron chi connectivity index (χ4n) is 1.58. The van der Waals surface area contributed by atoms with Crippen molar-refractivity contribution in [2.45, 2.75) is 6.92 Å².